The van der Waals surface area contributed by atoms with Crippen LogP contribution in [0.1, 0.15) is 28.9 Å². The third kappa shape index (κ3) is 3.17. The lowest BCUT2D eigenvalue weighted by molar-refractivity contribution is 0.410. The Bertz CT molecular complexity index is 648. The van der Waals surface area contributed by atoms with Crippen molar-refractivity contribution >= 4 is 0 Å². The van der Waals surface area contributed by atoms with Gasteiger partial charge in [0.05, 0.1) is 19.1 Å². The van der Waals surface area contributed by atoms with Crippen molar-refractivity contribution in [1.82, 2.24) is 14.9 Å². The SMILES string of the molecule is COc1ccc2c(c1)C[C@H](NCCn1cnc(C)c1C)CC2. The molecule has 0 radical (unpaired) electrons. The molecule has 0 unspecified atom stereocenters. The molecule has 1 aliphatic rings. The van der Waals surface area contributed by atoms with Gasteiger partial charge in [-0.3, -0.25) is 0 Å². The molecule has 0 bridgehead atoms. The van der Waals surface area contributed by atoms with Gasteiger partial charge in [-0.1, -0.05) is 6.07 Å². The highest BCUT2D eigenvalue weighted by Crippen LogP contribution is 2.25. The number of aryl methyl sites for hydroxylation is 2. The lowest BCUT2D eigenvalue weighted by atomic mass is 9.88. The number of hydrogen-bond acceptors (Lipinski definition) is 3. The van der Waals surface area contributed by atoms with Gasteiger partial charge < -0.3 is 14.6 Å². The van der Waals surface area contributed by atoms with Gasteiger partial charge in [0, 0.05) is 24.8 Å². The van der Waals surface area contributed by atoms with Crippen molar-refractivity contribution in [2.45, 2.75) is 45.7 Å². The van der Waals surface area contributed by atoms with Gasteiger partial charge in [-0.25, -0.2) is 4.98 Å². The van der Waals surface area contributed by atoms with Gasteiger partial charge in [-0.15, -0.1) is 0 Å². The Morgan fingerprint density at radius 1 is 1.32 bits per heavy atom. The first-order valence-corrected chi connectivity index (χ1v) is 8.05. The van der Waals surface area contributed by atoms with Crippen molar-refractivity contribution in [3.05, 3.63) is 47.0 Å². The summed E-state index contributed by atoms with van der Waals surface area (Å²) in [6, 6.07) is 7.02. The van der Waals surface area contributed by atoms with E-state index in [1.165, 1.54) is 23.2 Å². The van der Waals surface area contributed by atoms with Crippen LogP contribution in [0.15, 0.2) is 24.5 Å². The molecule has 3 rings (SSSR count). The third-order valence-electron chi connectivity index (χ3n) is 4.77. The Morgan fingerprint density at radius 2 is 2.18 bits per heavy atom. The molecule has 0 aliphatic heterocycles. The van der Waals surface area contributed by atoms with Crippen LogP contribution in [0.5, 0.6) is 5.75 Å². The van der Waals surface area contributed by atoms with Gasteiger partial charge in [-0.2, -0.15) is 0 Å². The first-order chi connectivity index (χ1) is 10.7. The Hall–Kier alpha value is -1.81. The summed E-state index contributed by atoms with van der Waals surface area (Å²) in [5.74, 6) is 0.962. The lowest BCUT2D eigenvalue weighted by Gasteiger charge is -2.26. The van der Waals surface area contributed by atoms with E-state index in [4.69, 9.17) is 4.74 Å². The molecule has 1 aromatic heterocycles. The van der Waals surface area contributed by atoms with E-state index >= 15 is 0 Å². The highest BCUT2D eigenvalue weighted by atomic mass is 16.5. The zero-order valence-corrected chi connectivity index (χ0v) is 13.7. The Labute approximate surface area is 132 Å². The molecule has 1 aromatic carbocycles. The summed E-state index contributed by atoms with van der Waals surface area (Å²) in [5.41, 5.74) is 5.29. The molecule has 0 saturated carbocycles. The van der Waals surface area contributed by atoms with E-state index in [9.17, 15) is 0 Å². The summed E-state index contributed by atoms with van der Waals surface area (Å²) in [5, 5.41) is 3.70. The maximum atomic E-state index is 5.34. The van der Waals surface area contributed by atoms with Gasteiger partial charge in [0.2, 0.25) is 0 Å². The number of nitrogens with one attached hydrogen (secondary N) is 1. The summed E-state index contributed by atoms with van der Waals surface area (Å²) in [6.45, 7) is 6.16. The summed E-state index contributed by atoms with van der Waals surface area (Å²) < 4.78 is 7.56. The van der Waals surface area contributed by atoms with Crippen LogP contribution in [0, 0.1) is 13.8 Å². The molecular weight excluding hydrogens is 274 g/mol. The Balaban J connectivity index is 1.55. The number of aromatic nitrogens is 2. The van der Waals surface area contributed by atoms with Crippen LogP contribution in [0.2, 0.25) is 0 Å². The fourth-order valence-electron chi connectivity index (χ4n) is 3.19. The van der Waals surface area contributed by atoms with Gasteiger partial charge >= 0.3 is 0 Å². The minimum atomic E-state index is 0.560. The smallest absolute Gasteiger partial charge is 0.119 e. The summed E-state index contributed by atoms with van der Waals surface area (Å²) >= 11 is 0. The zero-order chi connectivity index (χ0) is 15.5. The average Bonchev–Trinajstić information content (AvgIpc) is 2.86. The number of hydrogen-bond donors (Lipinski definition) is 1. The molecule has 1 aliphatic carbocycles. The number of imidazole rings is 1. The second-order valence-corrected chi connectivity index (χ2v) is 6.14. The minimum absolute atomic E-state index is 0.560. The van der Waals surface area contributed by atoms with Crippen molar-refractivity contribution in [2.75, 3.05) is 13.7 Å². The maximum absolute atomic E-state index is 5.34. The van der Waals surface area contributed by atoms with E-state index in [0.29, 0.717) is 6.04 Å². The molecule has 0 saturated heterocycles. The average molecular weight is 299 g/mol. The molecule has 4 heteroatoms. The number of nitrogens with zero attached hydrogens (tertiary/aromatic N) is 2. The van der Waals surface area contributed by atoms with Crippen LogP contribution in [0.3, 0.4) is 0 Å². The van der Waals surface area contributed by atoms with Gasteiger partial charge in [-0.05, 0) is 56.4 Å². The molecule has 22 heavy (non-hydrogen) atoms. The van der Waals surface area contributed by atoms with Gasteiger partial charge in [0.1, 0.15) is 5.75 Å². The van der Waals surface area contributed by atoms with E-state index in [-0.39, 0.29) is 0 Å². The molecule has 2 aromatic rings. The van der Waals surface area contributed by atoms with Gasteiger partial charge in [0.15, 0.2) is 0 Å². The lowest BCUT2D eigenvalue weighted by Crippen LogP contribution is -2.36. The highest BCUT2D eigenvalue weighted by molar-refractivity contribution is 5.37. The fourth-order valence-corrected chi connectivity index (χ4v) is 3.19. The standard InChI is InChI=1S/C18H25N3O/c1-13-14(2)21(12-20-13)9-8-19-17-6-4-15-5-7-18(22-3)11-16(15)10-17/h5,7,11-12,17,19H,4,6,8-10H2,1-3H3/t17-/m1/s1. The molecule has 0 spiro atoms. The quantitative estimate of drug-likeness (QED) is 0.922. The molecule has 0 fully saturated rings. The maximum Gasteiger partial charge on any atom is 0.119 e. The number of benzene rings is 1. The van der Waals surface area contributed by atoms with Crippen molar-refractivity contribution in [2.24, 2.45) is 0 Å². The summed E-state index contributed by atoms with van der Waals surface area (Å²) in [7, 11) is 1.73. The molecule has 4 nitrogen and oxygen atoms in total. The molecular formula is C18H25N3O. The van der Waals surface area contributed by atoms with E-state index in [1.807, 2.05) is 6.33 Å². The third-order valence-corrected chi connectivity index (χ3v) is 4.77. The first kappa shape index (κ1) is 15.1. The predicted octanol–water partition coefficient (Wildman–Crippen LogP) is 2.66. The monoisotopic (exact) mass is 299 g/mol. The minimum Gasteiger partial charge on any atom is -0.497 e. The van der Waals surface area contributed by atoms with Crippen LogP contribution in [0.25, 0.3) is 0 Å². The Kier molecular flexibility index (Phi) is 4.48. The molecule has 1 N–H and O–H groups in total. The number of fused-ring (bicyclic) bond motifs is 1. The van der Waals surface area contributed by atoms with Crippen molar-refractivity contribution < 1.29 is 4.74 Å². The number of ether oxygens (including phenoxy) is 1. The van der Waals surface area contributed by atoms with Crippen LogP contribution in [-0.2, 0) is 19.4 Å². The van der Waals surface area contributed by atoms with Crippen molar-refractivity contribution in [3.8, 4) is 5.75 Å². The van der Waals surface area contributed by atoms with E-state index < -0.39 is 0 Å². The van der Waals surface area contributed by atoms with E-state index in [2.05, 4.69) is 46.9 Å². The Morgan fingerprint density at radius 3 is 2.91 bits per heavy atom. The predicted molar refractivity (Wildman–Crippen MR) is 88.5 cm³/mol. The van der Waals surface area contributed by atoms with Crippen LogP contribution in [0.4, 0.5) is 0 Å². The molecule has 118 valence electrons. The normalized spacial score (nSPS) is 17.3. The second kappa shape index (κ2) is 6.53. The van der Waals surface area contributed by atoms with Gasteiger partial charge in [0.25, 0.3) is 0 Å². The van der Waals surface area contributed by atoms with E-state index in [1.54, 1.807) is 7.11 Å². The molecule has 1 atom stereocenters. The van der Waals surface area contributed by atoms with E-state index in [0.717, 1.165) is 37.4 Å². The zero-order valence-electron chi connectivity index (χ0n) is 13.7. The van der Waals surface area contributed by atoms with Crippen LogP contribution in [-0.4, -0.2) is 29.2 Å². The summed E-state index contributed by atoms with van der Waals surface area (Å²) in [4.78, 5) is 4.35. The largest absolute Gasteiger partial charge is 0.497 e. The highest BCUT2D eigenvalue weighted by Gasteiger charge is 2.18. The van der Waals surface area contributed by atoms with Crippen molar-refractivity contribution in [1.29, 1.82) is 0 Å². The summed E-state index contributed by atoms with van der Waals surface area (Å²) in [6.07, 6.45) is 5.39. The topological polar surface area (TPSA) is 39.1 Å². The van der Waals surface area contributed by atoms with Crippen LogP contribution < -0.4 is 10.1 Å². The van der Waals surface area contributed by atoms with Crippen molar-refractivity contribution in [3.63, 3.8) is 0 Å². The molecule has 1 heterocycles. The first-order valence-electron chi connectivity index (χ1n) is 8.05. The second-order valence-electron chi connectivity index (χ2n) is 6.14. The molecule has 0 amide bonds. The number of methoxy groups -OCH3 is 1. The fraction of sp³-hybridized carbons (Fsp3) is 0.500. The number of rotatable bonds is 5. The van der Waals surface area contributed by atoms with Crippen LogP contribution >= 0.6 is 0 Å².